The summed E-state index contributed by atoms with van der Waals surface area (Å²) in [5.74, 6) is 2.47. The Hall–Kier alpha value is -1.95. The normalized spacial score (nSPS) is 24.6. The van der Waals surface area contributed by atoms with Gasteiger partial charge in [0.1, 0.15) is 0 Å². The molecule has 0 aliphatic carbocycles. The summed E-state index contributed by atoms with van der Waals surface area (Å²) in [6, 6.07) is 6.53. The minimum atomic E-state index is 0.346. The van der Waals surface area contributed by atoms with E-state index in [0.29, 0.717) is 31.5 Å². The standard InChI is InChI=1S/C20H31N3O3/c1-4-24-18-8-6-14(12-19(18)25-5-2)10-11-22-20(21-3)23-16-13-15-7-9-17(16)26-15/h6,8,12,15-17H,4-5,7,9-11,13H2,1-3H3,(H2,21,22,23). The second-order valence-corrected chi connectivity index (χ2v) is 6.76. The number of nitrogens with zero attached hydrogens (tertiary/aromatic N) is 1. The van der Waals surface area contributed by atoms with Gasteiger partial charge < -0.3 is 24.8 Å². The number of ether oxygens (including phenoxy) is 3. The molecule has 2 aliphatic heterocycles. The van der Waals surface area contributed by atoms with Crippen LogP contribution in [-0.2, 0) is 11.2 Å². The van der Waals surface area contributed by atoms with Gasteiger partial charge in [-0.2, -0.15) is 0 Å². The van der Waals surface area contributed by atoms with E-state index >= 15 is 0 Å². The maximum atomic E-state index is 5.90. The van der Waals surface area contributed by atoms with Gasteiger partial charge in [-0.15, -0.1) is 0 Å². The van der Waals surface area contributed by atoms with E-state index in [0.717, 1.165) is 43.3 Å². The lowest BCUT2D eigenvalue weighted by atomic mass is 9.96. The van der Waals surface area contributed by atoms with Crippen LogP contribution >= 0.6 is 0 Å². The highest BCUT2D eigenvalue weighted by atomic mass is 16.5. The SMILES string of the molecule is CCOc1ccc(CCNC(=NC)NC2CC3CCC2O3)cc1OCC. The molecule has 1 aromatic rings. The highest BCUT2D eigenvalue weighted by Crippen LogP contribution is 2.34. The number of fused-ring (bicyclic) bond motifs is 2. The molecule has 26 heavy (non-hydrogen) atoms. The lowest BCUT2D eigenvalue weighted by molar-refractivity contribution is 0.0992. The molecule has 0 aromatic heterocycles. The molecule has 2 N–H and O–H groups in total. The van der Waals surface area contributed by atoms with Gasteiger partial charge in [0, 0.05) is 13.6 Å². The zero-order valence-corrected chi connectivity index (χ0v) is 16.1. The van der Waals surface area contributed by atoms with Gasteiger partial charge in [-0.3, -0.25) is 4.99 Å². The quantitative estimate of drug-likeness (QED) is 0.550. The van der Waals surface area contributed by atoms with Gasteiger partial charge >= 0.3 is 0 Å². The summed E-state index contributed by atoms with van der Waals surface area (Å²) in [5.41, 5.74) is 1.21. The zero-order chi connectivity index (χ0) is 18.4. The van der Waals surface area contributed by atoms with Crippen LogP contribution in [0, 0.1) is 0 Å². The Labute approximate surface area is 156 Å². The van der Waals surface area contributed by atoms with Crippen molar-refractivity contribution in [1.29, 1.82) is 0 Å². The minimum absolute atomic E-state index is 0.346. The summed E-state index contributed by atoms with van der Waals surface area (Å²) in [4.78, 5) is 4.35. The Morgan fingerprint density at radius 1 is 1.19 bits per heavy atom. The van der Waals surface area contributed by atoms with Crippen molar-refractivity contribution in [2.45, 2.75) is 57.8 Å². The molecule has 0 radical (unpaired) electrons. The van der Waals surface area contributed by atoms with E-state index in [1.165, 1.54) is 12.0 Å². The van der Waals surface area contributed by atoms with Crippen LogP contribution in [0.15, 0.2) is 23.2 Å². The number of hydrogen-bond donors (Lipinski definition) is 2. The predicted molar refractivity (Wildman–Crippen MR) is 103 cm³/mol. The zero-order valence-electron chi connectivity index (χ0n) is 16.1. The molecular weight excluding hydrogens is 330 g/mol. The Bertz CT molecular complexity index is 620. The fraction of sp³-hybridized carbons (Fsp3) is 0.650. The van der Waals surface area contributed by atoms with Crippen LogP contribution in [0.1, 0.15) is 38.7 Å². The number of guanidine groups is 1. The van der Waals surface area contributed by atoms with Crippen molar-refractivity contribution < 1.29 is 14.2 Å². The topological polar surface area (TPSA) is 64.1 Å². The Kier molecular flexibility index (Phi) is 6.61. The van der Waals surface area contributed by atoms with Crippen molar-refractivity contribution in [3.8, 4) is 11.5 Å². The molecule has 2 aliphatic rings. The van der Waals surface area contributed by atoms with Crippen LogP contribution in [0.5, 0.6) is 11.5 Å². The van der Waals surface area contributed by atoms with Gasteiger partial charge in [-0.25, -0.2) is 0 Å². The van der Waals surface area contributed by atoms with Crippen LogP contribution in [0.25, 0.3) is 0 Å². The van der Waals surface area contributed by atoms with Crippen LogP contribution in [-0.4, -0.2) is 51.0 Å². The second kappa shape index (κ2) is 9.12. The molecule has 2 heterocycles. The summed E-state index contributed by atoms with van der Waals surface area (Å²) >= 11 is 0. The molecule has 0 spiro atoms. The van der Waals surface area contributed by atoms with Crippen LogP contribution in [0.3, 0.4) is 0 Å². The van der Waals surface area contributed by atoms with E-state index in [4.69, 9.17) is 14.2 Å². The van der Waals surface area contributed by atoms with Gasteiger partial charge in [0.25, 0.3) is 0 Å². The number of aliphatic imine (C=N–C) groups is 1. The molecule has 1 aromatic carbocycles. The Balaban J connectivity index is 1.49. The van der Waals surface area contributed by atoms with Gasteiger partial charge in [-0.05, 0) is 57.2 Å². The number of hydrogen-bond acceptors (Lipinski definition) is 4. The Morgan fingerprint density at radius 2 is 2.00 bits per heavy atom. The van der Waals surface area contributed by atoms with E-state index in [1.54, 1.807) is 0 Å². The summed E-state index contributed by atoms with van der Waals surface area (Å²) in [7, 11) is 1.81. The van der Waals surface area contributed by atoms with E-state index in [-0.39, 0.29) is 0 Å². The molecule has 0 amide bonds. The summed E-state index contributed by atoms with van der Waals surface area (Å²) in [6.07, 6.45) is 5.12. The predicted octanol–water partition coefficient (Wildman–Crippen LogP) is 2.51. The first kappa shape index (κ1) is 18.8. The van der Waals surface area contributed by atoms with Gasteiger partial charge in [0.15, 0.2) is 17.5 Å². The largest absolute Gasteiger partial charge is 0.490 e. The second-order valence-electron chi connectivity index (χ2n) is 6.76. The average molecular weight is 361 g/mol. The molecule has 3 unspecified atom stereocenters. The van der Waals surface area contributed by atoms with Gasteiger partial charge in [-0.1, -0.05) is 6.07 Å². The molecule has 6 heteroatoms. The molecule has 6 nitrogen and oxygen atoms in total. The monoisotopic (exact) mass is 361 g/mol. The van der Waals surface area contributed by atoms with Crippen molar-refractivity contribution in [1.82, 2.24) is 10.6 Å². The first-order valence-corrected chi connectivity index (χ1v) is 9.74. The molecular formula is C20H31N3O3. The lowest BCUT2D eigenvalue weighted by Gasteiger charge is -2.22. The third-order valence-electron chi connectivity index (χ3n) is 4.97. The highest BCUT2D eigenvalue weighted by molar-refractivity contribution is 5.80. The summed E-state index contributed by atoms with van der Waals surface area (Å²) < 4.78 is 17.2. The van der Waals surface area contributed by atoms with Crippen LogP contribution in [0.2, 0.25) is 0 Å². The molecule has 2 fully saturated rings. The highest BCUT2D eigenvalue weighted by Gasteiger charge is 2.41. The fourth-order valence-electron chi connectivity index (χ4n) is 3.74. The van der Waals surface area contributed by atoms with E-state index < -0.39 is 0 Å². The smallest absolute Gasteiger partial charge is 0.191 e. The molecule has 0 saturated carbocycles. The maximum Gasteiger partial charge on any atom is 0.191 e. The van der Waals surface area contributed by atoms with Crippen LogP contribution < -0.4 is 20.1 Å². The summed E-state index contributed by atoms with van der Waals surface area (Å²) in [6.45, 7) is 6.03. The van der Waals surface area contributed by atoms with Crippen molar-refractivity contribution in [3.63, 3.8) is 0 Å². The lowest BCUT2D eigenvalue weighted by Crippen LogP contribution is -2.47. The molecule has 3 rings (SSSR count). The van der Waals surface area contributed by atoms with Crippen molar-refractivity contribution in [3.05, 3.63) is 23.8 Å². The minimum Gasteiger partial charge on any atom is -0.490 e. The van der Waals surface area contributed by atoms with Crippen LogP contribution in [0.4, 0.5) is 0 Å². The first-order valence-electron chi connectivity index (χ1n) is 9.74. The molecule has 2 bridgehead atoms. The van der Waals surface area contributed by atoms with Gasteiger partial charge in [0.05, 0.1) is 31.5 Å². The van der Waals surface area contributed by atoms with Gasteiger partial charge in [0.2, 0.25) is 0 Å². The number of benzene rings is 1. The third-order valence-corrected chi connectivity index (χ3v) is 4.97. The third kappa shape index (κ3) is 4.61. The van der Waals surface area contributed by atoms with E-state index in [9.17, 15) is 0 Å². The Morgan fingerprint density at radius 3 is 2.65 bits per heavy atom. The van der Waals surface area contributed by atoms with Crippen molar-refractivity contribution in [2.75, 3.05) is 26.8 Å². The number of nitrogens with one attached hydrogen (secondary N) is 2. The molecule has 144 valence electrons. The summed E-state index contributed by atoms with van der Waals surface area (Å²) in [5, 5.41) is 6.92. The van der Waals surface area contributed by atoms with E-state index in [1.807, 2.05) is 27.0 Å². The first-order chi connectivity index (χ1) is 12.7. The molecule has 2 saturated heterocycles. The maximum absolute atomic E-state index is 5.90. The van der Waals surface area contributed by atoms with Crippen molar-refractivity contribution >= 4 is 5.96 Å². The van der Waals surface area contributed by atoms with Crippen molar-refractivity contribution in [2.24, 2.45) is 4.99 Å². The average Bonchev–Trinajstić information content (AvgIpc) is 3.26. The molecule has 3 atom stereocenters. The fourth-order valence-corrected chi connectivity index (χ4v) is 3.74. The number of rotatable bonds is 8. The van der Waals surface area contributed by atoms with E-state index in [2.05, 4.69) is 27.8 Å².